The molecular formula is C18H17NOS. The molecule has 0 saturated carbocycles. The number of benzene rings is 2. The van der Waals surface area contributed by atoms with E-state index in [0.717, 1.165) is 12.0 Å². The van der Waals surface area contributed by atoms with Crippen LogP contribution >= 0.6 is 11.3 Å². The zero-order chi connectivity index (χ0) is 14.4. The zero-order valence-electron chi connectivity index (χ0n) is 12.0. The standard InChI is InChI=1S/C18H17NOS/c1-19(20)12-11-15-14-9-5-6-10-16(14)21-18(15)17(19)13-7-3-2-4-8-13/h2-10,17H,11-12H2,1H3. The number of likely N-dealkylation sites (N-methyl/N-ethyl adjacent to an activating group) is 1. The highest BCUT2D eigenvalue weighted by Crippen LogP contribution is 2.46. The summed E-state index contributed by atoms with van der Waals surface area (Å²) in [6, 6.07) is 18.6. The molecule has 2 heterocycles. The van der Waals surface area contributed by atoms with Crippen molar-refractivity contribution >= 4 is 21.4 Å². The maximum atomic E-state index is 13.0. The van der Waals surface area contributed by atoms with Gasteiger partial charge in [-0.25, -0.2) is 0 Å². The number of thiophene rings is 1. The van der Waals surface area contributed by atoms with Gasteiger partial charge >= 0.3 is 0 Å². The van der Waals surface area contributed by atoms with Crippen LogP contribution in [0.4, 0.5) is 0 Å². The van der Waals surface area contributed by atoms with Gasteiger partial charge in [0.2, 0.25) is 0 Å². The Balaban J connectivity index is 1.97. The summed E-state index contributed by atoms with van der Waals surface area (Å²) in [6.07, 6.45) is 0.878. The molecule has 0 radical (unpaired) electrons. The van der Waals surface area contributed by atoms with Crippen LogP contribution < -0.4 is 0 Å². The number of hydrogen-bond donors (Lipinski definition) is 0. The van der Waals surface area contributed by atoms with Gasteiger partial charge in [-0.05, 0) is 17.0 Å². The van der Waals surface area contributed by atoms with Crippen molar-refractivity contribution in [3.63, 3.8) is 0 Å². The average molecular weight is 295 g/mol. The maximum Gasteiger partial charge on any atom is 0.149 e. The van der Waals surface area contributed by atoms with Gasteiger partial charge in [0.25, 0.3) is 0 Å². The van der Waals surface area contributed by atoms with Crippen molar-refractivity contribution in [2.24, 2.45) is 0 Å². The predicted molar refractivity (Wildman–Crippen MR) is 88.2 cm³/mol. The van der Waals surface area contributed by atoms with Crippen LogP contribution in [0.15, 0.2) is 54.6 Å². The third-order valence-electron chi connectivity index (χ3n) is 4.45. The molecule has 4 rings (SSSR count). The molecule has 0 bridgehead atoms. The van der Waals surface area contributed by atoms with Gasteiger partial charge in [-0.2, -0.15) is 0 Å². The van der Waals surface area contributed by atoms with Gasteiger partial charge in [-0.1, -0.05) is 48.5 Å². The van der Waals surface area contributed by atoms with Crippen molar-refractivity contribution in [3.05, 3.63) is 75.8 Å². The number of nitrogens with zero attached hydrogens (tertiary/aromatic N) is 1. The molecule has 0 aliphatic carbocycles. The first-order valence-corrected chi connectivity index (χ1v) is 8.10. The first-order chi connectivity index (χ1) is 10.2. The lowest BCUT2D eigenvalue weighted by molar-refractivity contribution is -0.888. The van der Waals surface area contributed by atoms with Gasteiger partial charge in [0.1, 0.15) is 6.04 Å². The second-order valence-electron chi connectivity index (χ2n) is 5.90. The fraction of sp³-hybridized carbons (Fsp3) is 0.222. The monoisotopic (exact) mass is 295 g/mol. The molecule has 2 unspecified atom stereocenters. The lowest BCUT2D eigenvalue weighted by Gasteiger charge is -2.48. The third kappa shape index (κ3) is 2.01. The molecular weight excluding hydrogens is 278 g/mol. The molecule has 2 atom stereocenters. The summed E-state index contributed by atoms with van der Waals surface area (Å²) in [6.45, 7) is 0.646. The Morgan fingerprint density at radius 2 is 1.76 bits per heavy atom. The van der Waals surface area contributed by atoms with E-state index in [1.807, 2.05) is 25.2 Å². The highest BCUT2D eigenvalue weighted by molar-refractivity contribution is 7.19. The Morgan fingerprint density at radius 1 is 1.05 bits per heavy atom. The fourth-order valence-corrected chi connectivity index (χ4v) is 4.90. The lowest BCUT2D eigenvalue weighted by Crippen LogP contribution is -2.46. The molecule has 0 spiro atoms. The molecule has 0 amide bonds. The molecule has 3 aromatic rings. The second kappa shape index (κ2) is 4.67. The van der Waals surface area contributed by atoms with E-state index in [4.69, 9.17) is 0 Å². The summed E-state index contributed by atoms with van der Waals surface area (Å²) in [5.41, 5.74) is 2.51. The van der Waals surface area contributed by atoms with Crippen molar-refractivity contribution in [3.8, 4) is 0 Å². The molecule has 2 aromatic carbocycles. The fourth-order valence-electron chi connectivity index (χ4n) is 3.41. The van der Waals surface area contributed by atoms with Crippen molar-refractivity contribution in [2.75, 3.05) is 13.6 Å². The topological polar surface area (TPSA) is 23.1 Å². The largest absolute Gasteiger partial charge is 0.632 e. The Bertz CT molecular complexity index is 791. The van der Waals surface area contributed by atoms with E-state index >= 15 is 0 Å². The number of rotatable bonds is 1. The lowest BCUT2D eigenvalue weighted by atomic mass is 9.93. The van der Waals surface area contributed by atoms with Crippen LogP contribution in [-0.2, 0) is 6.42 Å². The quantitative estimate of drug-likeness (QED) is 0.479. The normalized spacial score (nSPS) is 25.0. The Hall–Kier alpha value is -1.68. The van der Waals surface area contributed by atoms with Crippen LogP contribution in [0, 0.1) is 5.21 Å². The van der Waals surface area contributed by atoms with E-state index in [1.54, 1.807) is 11.3 Å². The van der Waals surface area contributed by atoms with Crippen molar-refractivity contribution in [1.82, 2.24) is 0 Å². The predicted octanol–water partition coefficient (Wildman–Crippen LogP) is 4.49. The van der Waals surface area contributed by atoms with Gasteiger partial charge in [0.15, 0.2) is 0 Å². The maximum absolute atomic E-state index is 13.0. The zero-order valence-corrected chi connectivity index (χ0v) is 12.8. The summed E-state index contributed by atoms with van der Waals surface area (Å²) in [7, 11) is 1.81. The van der Waals surface area contributed by atoms with E-state index in [-0.39, 0.29) is 10.7 Å². The number of hydrogen-bond acceptors (Lipinski definition) is 2. The molecule has 21 heavy (non-hydrogen) atoms. The first kappa shape index (κ1) is 13.0. The van der Waals surface area contributed by atoms with E-state index in [1.165, 1.54) is 20.5 Å². The Labute approximate surface area is 128 Å². The molecule has 0 fully saturated rings. The minimum Gasteiger partial charge on any atom is -0.632 e. The Kier molecular flexibility index (Phi) is 2.89. The minimum absolute atomic E-state index is 0.0904. The summed E-state index contributed by atoms with van der Waals surface area (Å²) in [5, 5.41) is 14.4. The number of hydroxylamine groups is 3. The van der Waals surface area contributed by atoms with Crippen LogP contribution in [0.5, 0.6) is 0 Å². The molecule has 3 heteroatoms. The first-order valence-electron chi connectivity index (χ1n) is 7.28. The van der Waals surface area contributed by atoms with Crippen molar-refractivity contribution in [1.29, 1.82) is 0 Å². The summed E-state index contributed by atoms with van der Waals surface area (Å²) >= 11 is 1.79. The second-order valence-corrected chi connectivity index (χ2v) is 6.99. The SMILES string of the molecule is C[N+]1([O-])CCc2c(sc3ccccc23)C1c1ccccc1. The highest BCUT2D eigenvalue weighted by atomic mass is 32.1. The summed E-state index contributed by atoms with van der Waals surface area (Å²) in [5.74, 6) is 0. The third-order valence-corrected chi connectivity index (χ3v) is 5.71. The van der Waals surface area contributed by atoms with Gasteiger partial charge < -0.3 is 9.85 Å². The number of quaternary nitrogens is 1. The highest BCUT2D eigenvalue weighted by Gasteiger charge is 2.36. The summed E-state index contributed by atoms with van der Waals surface area (Å²) < 4.78 is 1.09. The molecule has 1 aliphatic heterocycles. The minimum atomic E-state index is -0.205. The molecule has 2 nitrogen and oxygen atoms in total. The van der Waals surface area contributed by atoms with E-state index in [9.17, 15) is 5.21 Å². The van der Waals surface area contributed by atoms with E-state index < -0.39 is 0 Å². The Morgan fingerprint density at radius 3 is 2.57 bits per heavy atom. The van der Waals surface area contributed by atoms with Crippen LogP contribution in [-0.4, -0.2) is 18.2 Å². The van der Waals surface area contributed by atoms with Crippen molar-refractivity contribution in [2.45, 2.75) is 12.5 Å². The molecule has 1 aliphatic rings. The molecule has 0 saturated heterocycles. The average Bonchev–Trinajstić information content (AvgIpc) is 2.85. The van der Waals surface area contributed by atoms with Crippen LogP contribution in [0.25, 0.3) is 10.1 Å². The smallest absolute Gasteiger partial charge is 0.149 e. The molecule has 1 aromatic heterocycles. The van der Waals surface area contributed by atoms with Gasteiger partial charge in [0.05, 0.1) is 18.5 Å². The van der Waals surface area contributed by atoms with E-state index in [2.05, 4.69) is 36.4 Å². The van der Waals surface area contributed by atoms with Crippen LogP contribution in [0.3, 0.4) is 0 Å². The number of fused-ring (bicyclic) bond motifs is 3. The molecule has 106 valence electrons. The van der Waals surface area contributed by atoms with Gasteiger partial charge in [-0.3, -0.25) is 0 Å². The van der Waals surface area contributed by atoms with Gasteiger partial charge in [0, 0.05) is 16.7 Å². The van der Waals surface area contributed by atoms with Crippen LogP contribution in [0.1, 0.15) is 22.0 Å². The van der Waals surface area contributed by atoms with E-state index in [0.29, 0.717) is 6.54 Å². The summed E-state index contributed by atoms with van der Waals surface area (Å²) in [4.78, 5) is 1.26. The van der Waals surface area contributed by atoms with Gasteiger partial charge in [-0.15, -0.1) is 11.3 Å². The molecule has 0 N–H and O–H groups in total. The van der Waals surface area contributed by atoms with Crippen LogP contribution in [0.2, 0.25) is 0 Å². The van der Waals surface area contributed by atoms with Crippen molar-refractivity contribution < 1.29 is 4.65 Å².